The number of halogens is 1. The molecule has 0 saturated carbocycles. The molecule has 1 fully saturated rings. The van der Waals surface area contributed by atoms with E-state index in [9.17, 15) is 14.3 Å². The van der Waals surface area contributed by atoms with Crippen LogP contribution >= 0.6 is 0 Å². The van der Waals surface area contributed by atoms with Crippen LogP contribution < -0.4 is 0 Å². The number of rotatable bonds is 4. The monoisotopic (exact) mass is 333 g/mol. The van der Waals surface area contributed by atoms with Gasteiger partial charge in [0.05, 0.1) is 0 Å². The maximum absolute atomic E-state index is 14.1. The highest BCUT2D eigenvalue weighted by Gasteiger charge is 2.28. The second-order valence-electron chi connectivity index (χ2n) is 5.99. The van der Waals surface area contributed by atoms with Crippen LogP contribution in [-0.2, 0) is 11.3 Å². The maximum atomic E-state index is 14.1. The van der Waals surface area contributed by atoms with E-state index >= 15 is 0 Å². The molecule has 0 bridgehead atoms. The third kappa shape index (κ3) is 3.56. The maximum Gasteiger partial charge on any atom is 0.274 e. The Kier molecular flexibility index (Phi) is 4.80. The van der Waals surface area contributed by atoms with Gasteiger partial charge in [-0.3, -0.25) is 9.89 Å². The summed E-state index contributed by atoms with van der Waals surface area (Å²) in [4.78, 5) is 14.5. The van der Waals surface area contributed by atoms with Crippen LogP contribution in [0, 0.1) is 12.7 Å². The van der Waals surface area contributed by atoms with Gasteiger partial charge < -0.3 is 14.7 Å². The van der Waals surface area contributed by atoms with E-state index in [1.165, 1.54) is 12.1 Å². The normalized spacial score (nSPS) is 15.4. The zero-order chi connectivity index (χ0) is 17.1. The molecule has 3 rings (SSSR count). The molecule has 1 aromatic heterocycles. The second kappa shape index (κ2) is 7.00. The summed E-state index contributed by atoms with van der Waals surface area (Å²) >= 11 is 0. The molecule has 7 heteroatoms. The molecular weight excluding hydrogens is 313 g/mol. The summed E-state index contributed by atoms with van der Waals surface area (Å²) in [6.45, 7) is 3.10. The molecule has 0 spiro atoms. The van der Waals surface area contributed by atoms with E-state index in [1.54, 1.807) is 11.0 Å². The van der Waals surface area contributed by atoms with Crippen molar-refractivity contribution in [3.05, 3.63) is 47.0 Å². The summed E-state index contributed by atoms with van der Waals surface area (Å²) in [5.74, 6) is -0.903. The van der Waals surface area contributed by atoms with E-state index in [2.05, 4.69) is 10.2 Å². The molecule has 0 radical (unpaired) electrons. The van der Waals surface area contributed by atoms with Crippen LogP contribution in [-0.4, -0.2) is 45.4 Å². The van der Waals surface area contributed by atoms with Crippen molar-refractivity contribution in [1.82, 2.24) is 15.1 Å². The molecule has 1 saturated heterocycles. The smallest absolute Gasteiger partial charge is 0.274 e. The van der Waals surface area contributed by atoms with Crippen molar-refractivity contribution < 1.29 is 19.0 Å². The number of phenols is 1. The fraction of sp³-hybridized carbons (Fsp3) is 0.412. The summed E-state index contributed by atoms with van der Waals surface area (Å²) in [5.41, 5.74) is 1.47. The first-order chi connectivity index (χ1) is 11.5. The fourth-order valence-electron chi connectivity index (χ4n) is 2.89. The number of amides is 1. The lowest BCUT2D eigenvalue weighted by atomic mass is 10.0. The van der Waals surface area contributed by atoms with Gasteiger partial charge in [0.1, 0.15) is 17.3 Å². The Balaban J connectivity index is 1.87. The van der Waals surface area contributed by atoms with Gasteiger partial charge in [0.15, 0.2) is 0 Å². The summed E-state index contributed by atoms with van der Waals surface area (Å²) < 4.78 is 19.5. The molecule has 6 nitrogen and oxygen atoms in total. The number of phenolic OH excluding ortho intramolecular Hbond substituents is 1. The molecule has 1 amide bonds. The van der Waals surface area contributed by atoms with Gasteiger partial charge in [0.25, 0.3) is 5.91 Å². The Hall–Kier alpha value is -2.41. The van der Waals surface area contributed by atoms with Crippen LogP contribution in [0.2, 0.25) is 0 Å². The van der Waals surface area contributed by atoms with Crippen molar-refractivity contribution in [2.75, 3.05) is 13.2 Å². The number of ether oxygens (including phenoxy) is 1. The minimum atomic E-state index is -0.530. The number of benzene rings is 1. The predicted molar refractivity (Wildman–Crippen MR) is 85.1 cm³/mol. The average Bonchev–Trinajstić information content (AvgIpc) is 3.01. The minimum Gasteiger partial charge on any atom is -0.508 e. The van der Waals surface area contributed by atoms with E-state index in [4.69, 9.17) is 4.74 Å². The summed E-state index contributed by atoms with van der Waals surface area (Å²) in [5, 5.41) is 16.1. The minimum absolute atomic E-state index is 0.0311. The first-order valence-corrected chi connectivity index (χ1v) is 7.92. The molecular formula is C17H20FN3O3. The molecule has 0 aliphatic carbocycles. The van der Waals surface area contributed by atoms with Crippen LogP contribution in [0.4, 0.5) is 4.39 Å². The van der Waals surface area contributed by atoms with E-state index in [1.807, 2.05) is 6.92 Å². The number of nitrogens with one attached hydrogen (secondary N) is 1. The van der Waals surface area contributed by atoms with Crippen molar-refractivity contribution >= 4 is 5.91 Å². The van der Waals surface area contributed by atoms with Gasteiger partial charge in [0, 0.05) is 43.1 Å². The lowest BCUT2D eigenvalue weighted by Gasteiger charge is -2.34. The highest BCUT2D eigenvalue weighted by atomic mass is 19.1. The van der Waals surface area contributed by atoms with Crippen LogP contribution in [0.15, 0.2) is 24.3 Å². The van der Waals surface area contributed by atoms with E-state index in [0.29, 0.717) is 37.3 Å². The standard InChI is InChI=1S/C17H20FN3O3/c1-11-8-16(20-19-11)17(23)21(13-4-6-24-7-5-13)10-12-2-3-14(22)9-15(12)18/h2-3,8-9,13,22H,4-7,10H2,1H3,(H,19,20). The molecule has 1 aliphatic heterocycles. The lowest BCUT2D eigenvalue weighted by Crippen LogP contribution is -2.43. The number of carbonyl (C=O) groups excluding carboxylic acids is 1. The highest BCUT2D eigenvalue weighted by Crippen LogP contribution is 2.23. The van der Waals surface area contributed by atoms with E-state index in [-0.39, 0.29) is 24.2 Å². The van der Waals surface area contributed by atoms with Gasteiger partial charge in [-0.15, -0.1) is 0 Å². The molecule has 128 valence electrons. The zero-order valence-corrected chi connectivity index (χ0v) is 13.5. The number of aromatic amines is 1. The number of aryl methyl sites for hydroxylation is 1. The fourth-order valence-corrected chi connectivity index (χ4v) is 2.89. The molecule has 0 unspecified atom stereocenters. The predicted octanol–water partition coefficient (Wildman–Crippen LogP) is 2.38. The Morgan fingerprint density at radius 1 is 1.42 bits per heavy atom. The van der Waals surface area contributed by atoms with Gasteiger partial charge in [-0.25, -0.2) is 4.39 Å². The van der Waals surface area contributed by atoms with Crippen LogP contribution in [0.3, 0.4) is 0 Å². The van der Waals surface area contributed by atoms with Crippen molar-refractivity contribution in [2.24, 2.45) is 0 Å². The molecule has 0 atom stereocenters. The zero-order valence-electron chi connectivity index (χ0n) is 13.5. The number of hydrogen-bond acceptors (Lipinski definition) is 4. The molecule has 1 aliphatic rings. The lowest BCUT2D eigenvalue weighted by molar-refractivity contribution is 0.0261. The second-order valence-corrected chi connectivity index (χ2v) is 5.99. The number of carbonyl (C=O) groups is 1. The SMILES string of the molecule is Cc1cc(C(=O)N(Cc2ccc(O)cc2F)C2CCOCC2)n[nH]1. The Bertz CT molecular complexity index is 726. The number of aromatic hydroxyl groups is 1. The Labute approximate surface area is 139 Å². The largest absolute Gasteiger partial charge is 0.508 e. The Morgan fingerprint density at radius 3 is 2.79 bits per heavy atom. The molecule has 1 aromatic carbocycles. The first kappa shape index (κ1) is 16.4. The third-order valence-electron chi connectivity index (χ3n) is 4.19. The van der Waals surface area contributed by atoms with Crippen molar-refractivity contribution in [3.8, 4) is 5.75 Å². The molecule has 2 heterocycles. The van der Waals surface area contributed by atoms with Crippen molar-refractivity contribution in [2.45, 2.75) is 32.4 Å². The van der Waals surface area contributed by atoms with Gasteiger partial charge in [-0.05, 0) is 31.9 Å². The quantitative estimate of drug-likeness (QED) is 0.900. The molecule has 24 heavy (non-hydrogen) atoms. The summed E-state index contributed by atoms with van der Waals surface area (Å²) in [6.07, 6.45) is 1.41. The van der Waals surface area contributed by atoms with Gasteiger partial charge in [-0.1, -0.05) is 6.07 Å². The number of nitrogens with zero attached hydrogens (tertiary/aromatic N) is 2. The van der Waals surface area contributed by atoms with Gasteiger partial charge in [-0.2, -0.15) is 5.10 Å². The summed E-state index contributed by atoms with van der Waals surface area (Å²) in [7, 11) is 0. The highest BCUT2D eigenvalue weighted by molar-refractivity contribution is 5.92. The topological polar surface area (TPSA) is 78.5 Å². The number of aromatic nitrogens is 2. The van der Waals surface area contributed by atoms with Crippen molar-refractivity contribution in [3.63, 3.8) is 0 Å². The van der Waals surface area contributed by atoms with Gasteiger partial charge in [0.2, 0.25) is 0 Å². The van der Waals surface area contributed by atoms with Crippen LogP contribution in [0.25, 0.3) is 0 Å². The number of hydrogen-bond donors (Lipinski definition) is 2. The van der Waals surface area contributed by atoms with Gasteiger partial charge >= 0.3 is 0 Å². The summed E-state index contributed by atoms with van der Waals surface area (Å²) in [6, 6.07) is 5.63. The van der Waals surface area contributed by atoms with Crippen LogP contribution in [0.1, 0.15) is 34.6 Å². The van der Waals surface area contributed by atoms with E-state index in [0.717, 1.165) is 11.8 Å². The number of H-pyrrole nitrogens is 1. The molecule has 2 N–H and O–H groups in total. The molecule has 2 aromatic rings. The Morgan fingerprint density at radius 2 is 2.17 bits per heavy atom. The van der Waals surface area contributed by atoms with Crippen LogP contribution in [0.5, 0.6) is 5.75 Å². The average molecular weight is 333 g/mol. The third-order valence-corrected chi connectivity index (χ3v) is 4.19. The first-order valence-electron chi connectivity index (χ1n) is 7.92. The van der Waals surface area contributed by atoms with Crippen molar-refractivity contribution in [1.29, 1.82) is 0 Å². The van der Waals surface area contributed by atoms with E-state index < -0.39 is 5.82 Å².